The van der Waals surface area contributed by atoms with E-state index in [2.05, 4.69) is 0 Å². The van der Waals surface area contributed by atoms with E-state index >= 15 is 0 Å². The molecule has 1 aliphatic carbocycles. The molecular formula is C10H14MgO6S. The molecule has 0 aromatic carbocycles. The van der Waals surface area contributed by atoms with Gasteiger partial charge in [-0.05, 0) is 19.8 Å². The van der Waals surface area contributed by atoms with Gasteiger partial charge < -0.3 is 4.74 Å². The van der Waals surface area contributed by atoms with Crippen LogP contribution in [0.1, 0.15) is 26.2 Å². The molecule has 1 N–H and O–H groups in total. The van der Waals surface area contributed by atoms with E-state index in [1.165, 1.54) is 0 Å². The molecule has 18 heavy (non-hydrogen) atoms. The number of allylic oxidation sites excluding steroid dienone is 2. The minimum absolute atomic E-state index is 0. The van der Waals surface area contributed by atoms with Crippen molar-refractivity contribution in [2.24, 2.45) is 0 Å². The molecule has 1 unspecified atom stereocenters. The SMILES string of the molecule is CC1(S(=O)(=O)O)CC(=O)C2=C(OCCC2)C1=O.[MgH2]. The lowest BCUT2D eigenvalue weighted by molar-refractivity contribution is -0.128. The molecule has 0 amide bonds. The lowest BCUT2D eigenvalue weighted by Gasteiger charge is -2.32. The summed E-state index contributed by atoms with van der Waals surface area (Å²) in [6.45, 7) is 1.32. The number of hydrogen-bond acceptors (Lipinski definition) is 5. The number of rotatable bonds is 1. The highest BCUT2D eigenvalue weighted by Gasteiger charge is 2.53. The zero-order chi connectivity index (χ0) is 12.8. The van der Waals surface area contributed by atoms with Crippen LogP contribution < -0.4 is 0 Å². The van der Waals surface area contributed by atoms with Crippen molar-refractivity contribution in [1.82, 2.24) is 0 Å². The van der Waals surface area contributed by atoms with E-state index < -0.39 is 32.9 Å². The van der Waals surface area contributed by atoms with E-state index in [9.17, 15) is 18.0 Å². The summed E-state index contributed by atoms with van der Waals surface area (Å²) in [5, 5.41) is 0. The smallest absolute Gasteiger partial charge is 0.316 e. The second-order valence-corrected chi connectivity index (χ2v) is 6.25. The summed E-state index contributed by atoms with van der Waals surface area (Å²) in [4.78, 5) is 23.8. The van der Waals surface area contributed by atoms with Crippen molar-refractivity contribution >= 4 is 44.7 Å². The molecule has 0 saturated heterocycles. The van der Waals surface area contributed by atoms with Gasteiger partial charge in [0.05, 0.1) is 6.61 Å². The zero-order valence-electron chi connectivity index (χ0n) is 9.23. The number of Topliss-reactive ketones (excluding diaryl/α,β-unsaturated/α-hetero) is 2. The highest BCUT2D eigenvalue weighted by Crippen LogP contribution is 2.36. The summed E-state index contributed by atoms with van der Waals surface area (Å²) in [7, 11) is -4.64. The molecular weight excluding hydrogens is 272 g/mol. The van der Waals surface area contributed by atoms with Crippen LogP contribution in [0, 0.1) is 0 Å². The number of ketones is 2. The Morgan fingerprint density at radius 2 is 1.94 bits per heavy atom. The van der Waals surface area contributed by atoms with Crippen LogP contribution >= 0.6 is 0 Å². The summed E-state index contributed by atoms with van der Waals surface area (Å²) < 4.78 is 34.6. The van der Waals surface area contributed by atoms with Gasteiger partial charge in [0.1, 0.15) is 0 Å². The molecule has 98 valence electrons. The molecule has 1 aliphatic heterocycles. The summed E-state index contributed by atoms with van der Waals surface area (Å²) in [5.74, 6) is -1.46. The van der Waals surface area contributed by atoms with Gasteiger partial charge in [0.2, 0.25) is 5.78 Å². The quantitative estimate of drug-likeness (QED) is 0.507. The van der Waals surface area contributed by atoms with Gasteiger partial charge in [0.15, 0.2) is 16.3 Å². The number of carbonyl (C=O) groups is 2. The Labute approximate surface area is 121 Å². The van der Waals surface area contributed by atoms with Crippen molar-refractivity contribution in [3.8, 4) is 0 Å². The first-order valence-electron chi connectivity index (χ1n) is 5.18. The lowest BCUT2D eigenvalue weighted by Crippen LogP contribution is -2.50. The summed E-state index contributed by atoms with van der Waals surface area (Å²) >= 11 is 0. The summed E-state index contributed by atoms with van der Waals surface area (Å²) in [6.07, 6.45) is 0.523. The average molecular weight is 287 g/mol. The minimum Gasteiger partial charge on any atom is -0.489 e. The highest BCUT2D eigenvalue weighted by molar-refractivity contribution is 7.88. The molecule has 6 nitrogen and oxygen atoms in total. The Balaban J connectivity index is 0.00000162. The van der Waals surface area contributed by atoms with Crippen molar-refractivity contribution in [1.29, 1.82) is 0 Å². The minimum atomic E-state index is -4.64. The van der Waals surface area contributed by atoms with Crippen LogP contribution in [-0.2, 0) is 24.4 Å². The van der Waals surface area contributed by atoms with E-state index in [0.717, 1.165) is 6.92 Å². The van der Waals surface area contributed by atoms with Gasteiger partial charge in [-0.3, -0.25) is 14.1 Å². The monoisotopic (exact) mass is 286 g/mol. The molecule has 2 aliphatic rings. The molecule has 8 heteroatoms. The second-order valence-electron chi connectivity index (χ2n) is 4.39. The Bertz CT molecular complexity index is 535. The van der Waals surface area contributed by atoms with E-state index in [1.54, 1.807) is 0 Å². The van der Waals surface area contributed by atoms with Gasteiger partial charge in [-0.2, -0.15) is 8.42 Å². The predicted molar refractivity (Wildman–Crippen MR) is 65.3 cm³/mol. The molecule has 0 saturated carbocycles. The van der Waals surface area contributed by atoms with Gasteiger partial charge in [-0.25, -0.2) is 0 Å². The van der Waals surface area contributed by atoms with Crippen LogP contribution in [-0.4, -0.2) is 58.9 Å². The van der Waals surface area contributed by atoms with Crippen LogP contribution in [0.4, 0.5) is 0 Å². The third-order valence-electron chi connectivity index (χ3n) is 3.18. The molecule has 1 atom stereocenters. The normalized spacial score (nSPS) is 28.3. The molecule has 1 heterocycles. The third kappa shape index (κ3) is 2.22. The topological polar surface area (TPSA) is 97.7 Å². The number of ether oxygens (including phenoxy) is 1. The Hall–Kier alpha value is -0.444. The first-order valence-corrected chi connectivity index (χ1v) is 6.62. The maximum absolute atomic E-state index is 12.0. The molecule has 0 aromatic rings. The van der Waals surface area contributed by atoms with Crippen molar-refractivity contribution < 1.29 is 27.3 Å². The maximum Gasteiger partial charge on any atom is 0.316 e. The number of carbonyl (C=O) groups excluding carboxylic acids is 2. The molecule has 2 rings (SSSR count). The molecule has 0 aromatic heterocycles. The molecule has 0 fully saturated rings. The Morgan fingerprint density at radius 3 is 2.50 bits per heavy atom. The predicted octanol–water partition coefficient (Wildman–Crippen LogP) is -0.677. The fraction of sp³-hybridized carbons (Fsp3) is 0.600. The van der Waals surface area contributed by atoms with Gasteiger partial charge in [0.25, 0.3) is 10.1 Å². The largest absolute Gasteiger partial charge is 0.489 e. The zero-order valence-corrected chi connectivity index (χ0v) is 10.0. The Morgan fingerprint density at radius 1 is 1.33 bits per heavy atom. The van der Waals surface area contributed by atoms with E-state index in [0.29, 0.717) is 12.8 Å². The molecule has 0 radical (unpaired) electrons. The summed E-state index contributed by atoms with van der Waals surface area (Å²) in [6, 6.07) is 0. The standard InChI is InChI=1S/C10H12O6S.Mg.2H/c1-10(17(13,14)15)5-7(11)6-3-2-4-16-8(6)9(10)12;;;/h2-5H2,1H3,(H,13,14,15);;;. The first-order chi connectivity index (χ1) is 7.77. The molecule has 0 spiro atoms. The van der Waals surface area contributed by atoms with Crippen molar-refractivity contribution in [3.63, 3.8) is 0 Å². The van der Waals surface area contributed by atoms with Crippen molar-refractivity contribution in [2.75, 3.05) is 6.61 Å². The van der Waals surface area contributed by atoms with E-state index in [4.69, 9.17) is 9.29 Å². The van der Waals surface area contributed by atoms with Crippen LogP contribution in [0.5, 0.6) is 0 Å². The second kappa shape index (κ2) is 4.91. The highest BCUT2D eigenvalue weighted by atomic mass is 32.2. The third-order valence-corrected chi connectivity index (χ3v) is 4.65. The molecule has 0 bridgehead atoms. The van der Waals surface area contributed by atoms with Gasteiger partial charge in [0, 0.05) is 12.0 Å². The van der Waals surface area contributed by atoms with Crippen molar-refractivity contribution in [2.45, 2.75) is 30.9 Å². The lowest BCUT2D eigenvalue weighted by atomic mass is 9.84. The Kier molecular flexibility index (Phi) is 4.26. The summed E-state index contributed by atoms with van der Waals surface area (Å²) in [5.41, 5.74) is 0.252. The maximum atomic E-state index is 12.0. The first kappa shape index (κ1) is 15.6. The van der Waals surface area contributed by atoms with E-state index in [1.807, 2.05) is 0 Å². The fourth-order valence-corrected chi connectivity index (χ4v) is 2.67. The fourth-order valence-electron chi connectivity index (χ4n) is 2.03. The van der Waals surface area contributed by atoms with Crippen molar-refractivity contribution in [3.05, 3.63) is 11.3 Å². The van der Waals surface area contributed by atoms with Gasteiger partial charge in [-0.1, -0.05) is 0 Å². The van der Waals surface area contributed by atoms with Crippen LogP contribution in [0.3, 0.4) is 0 Å². The average Bonchev–Trinajstić information content (AvgIpc) is 2.25. The van der Waals surface area contributed by atoms with Crippen LogP contribution in [0.2, 0.25) is 0 Å². The van der Waals surface area contributed by atoms with E-state index in [-0.39, 0.29) is 41.0 Å². The van der Waals surface area contributed by atoms with Gasteiger partial charge >= 0.3 is 23.1 Å². The van der Waals surface area contributed by atoms with Crippen LogP contribution in [0.15, 0.2) is 11.3 Å². The van der Waals surface area contributed by atoms with Crippen LogP contribution in [0.25, 0.3) is 0 Å². The van der Waals surface area contributed by atoms with Gasteiger partial charge in [-0.15, -0.1) is 0 Å². The number of hydrogen-bond donors (Lipinski definition) is 1.